The molecule has 3 rings (SSSR count). The molecule has 0 radical (unpaired) electrons. The van der Waals surface area contributed by atoms with Crippen LogP contribution < -0.4 is 26.2 Å². The van der Waals surface area contributed by atoms with Gasteiger partial charge in [0.05, 0.1) is 18.6 Å². The number of carbonyl (C=O) groups is 2. The quantitative estimate of drug-likeness (QED) is 0.537. The second kappa shape index (κ2) is 8.42. The van der Waals surface area contributed by atoms with Crippen molar-refractivity contribution in [2.45, 2.75) is 12.8 Å². The van der Waals surface area contributed by atoms with Crippen molar-refractivity contribution >= 4 is 29.2 Å². The van der Waals surface area contributed by atoms with Crippen LogP contribution in [0.3, 0.4) is 0 Å². The Morgan fingerprint density at radius 3 is 2.64 bits per heavy atom. The zero-order valence-corrected chi connectivity index (χ0v) is 15.4. The number of hydrazine groups is 1. The van der Waals surface area contributed by atoms with Crippen LogP contribution in [-0.2, 0) is 4.79 Å². The number of methoxy groups -OCH3 is 1. The highest BCUT2D eigenvalue weighted by atomic mass is 16.5. The van der Waals surface area contributed by atoms with Crippen molar-refractivity contribution in [3.63, 3.8) is 0 Å². The van der Waals surface area contributed by atoms with E-state index in [9.17, 15) is 9.59 Å². The molecule has 0 bridgehead atoms. The van der Waals surface area contributed by atoms with Crippen molar-refractivity contribution in [1.29, 1.82) is 0 Å². The Bertz CT molecular complexity index is 867. The molecule has 2 heterocycles. The van der Waals surface area contributed by atoms with Crippen LogP contribution in [0.25, 0.3) is 0 Å². The van der Waals surface area contributed by atoms with Gasteiger partial charge in [-0.1, -0.05) is 12.1 Å². The second-order valence-electron chi connectivity index (χ2n) is 6.34. The lowest BCUT2D eigenvalue weighted by atomic mass is 9.97. The van der Waals surface area contributed by atoms with Crippen LogP contribution in [0.1, 0.15) is 23.2 Å². The van der Waals surface area contributed by atoms with Crippen LogP contribution in [0.2, 0.25) is 0 Å². The molecule has 0 spiro atoms. The predicted octanol–water partition coefficient (Wildman–Crippen LogP) is 1.13. The Hall–Kier alpha value is -3.56. The number of nitrogens with two attached hydrogens (primary N) is 1. The Labute approximate surface area is 161 Å². The van der Waals surface area contributed by atoms with E-state index < -0.39 is 11.9 Å². The molecule has 5 N–H and O–H groups in total. The number of aliphatic carboxylic acids is 1. The van der Waals surface area contributed by atoms with Crippen LogP contribution >= 0.6 is 0 Å². The molecule has 10 heteroatoms. The summed E-state index contributed by atoms with van der Waals surface area (Å²) in [4.78, 5) is 33.7. The summed E-state index contributed by atoms with van der Waals surface area (Å²) < 4.78 is 5.18. The predicted molar refractivity (Wildman–Crippen MR) is 103 cm³/mol. The summed E-state index contributed by atoms with van der Waals surface area (Å²) in [6.07, 6.45) is 2.38. The lowest BCUT2D eigenvalue weighted by molar-refractivity contribution is -0.142. The summed E-state index contributed by atoms with van der Waals surface area (Å²) in [5.74, 6) is -0.325. The maximum Gasteiger partial charge on any atom is 0.306 e. The summed E-state index contributed by atoms with van der Waals surface area (Å²) >= 11 is 0. The average molecular weight is 386 g/mol. The first-order valence-corrected chi connectivity index (χ1v) is 8.79. The van der Waals surface area contributed by atoms with E-state index in [1.54, 1.807) is 24.3 Å². The number of hydrogen-bond acceptors (Lipinski definition) is 8. The SMILES string of the molecule is COc1ccccc1C(=O)NNc1ncnc(N2CCC(C(=O)O)CC2)c1N. The van der Waals surface area contributed by atoms with Gasteiger partial charge in [-0.05, 0) is 25.0 Å². The zero-order chi connectivity index (χ0) is 20.1. The third-order valence-electron chi connectivity index (χ3n) is 4.65. The highest BCUT2D eigenvalue weighted by molar-refractivity contribution is 5.97. The number of rotatable bonds is 6. The molecular weight excluding hydrogens is 364 g/mol. The molecule has 2 aromatic rings. The van der Waals surface area contributed by atoms with Gasteiger partial charge in [-0.25, -0.2) is 9.97 Å². The number of nitrogens with one attached hydrogen (secondary N) is 2. The molecule has 0 saturated carbocycles. The van der Waals surface area contributed by atoms with Gasteiger partial charge in [0.15, 0.2) is 11.6 Å². The molecule has 1 aliphatic rings. The summed E-state index contributed by atoms with van der Waals surface area (Å²) in [6, 6.07) is 6.82. The third kappa shape index (κ3) is 4.05. The van der Waals surface area contributed by atoms with Crippen LogP contribution in [0.5, 0.6) is 5.75 Å². The second-order valence-corrected chi connectivity index (χ2v) is 6.34. The standard InChI is InChI=1S/C18H22N6O4/c1-28-13-5-3-2-4-12(13)17(25)23-22-15-14(19)16(21-10-20-15)24-8-6-11(7-9-24)18(26)27/h2-5,10-11H,6-9,19H2,1H3,(H,23,25)(H,26,27)(H,20,21,22). The lowest BCUT2D eigenvalue weighted by Gasteiger charge is -2.31. The van der Waals surface area contributed by atoms with Gasteiger partial charge in [0, 0.05) is 13.1 Å². The van der Waals surface area contributed by atoms with E-state index in [4.69, 9.17) is 15.6 Å². The molecule has 1 saturated heterocycles. The van der Waals surface area contributed by atoms with Gasteiger partial charge in [-0.3, -0.25) is 20.4 Å². The molecule has 28 heavy (non-hydrogen) atoms. The number of carboxylic acid groups (broad SMARTS) is 1. The van der Waals surface area contributed by atoms with Gasteiger partial charge in [0.25, 0.3) is 5.91 Å². The van der Waals surface area contributed by atoms with Crippen molar-refractivity contribution < 1.29 is 19.4 Å². The number of carboxylic acids is 1. The van der Waals surface area contributed by atoms with E-state index in [0.29, 0.717) is 43.1 Å². The first-order valence-electron chi connectivity index (χ1n) is 8.79. The molecular formula is C18H22N6O4. The number of aromatic nitrogens is 2. The fourth-order valence-corrected chi connectivity index (χ4v) is 3.09. The molecule has 0 atom stereocenters. The topological polar surface area (TPSA) is 143 Å². The number of carbonyl (C=O) groups excluding carboxylic acids is 1. The zero-order valence-electron chi connectivity index (χ0n) is 15.4. The minimum atomic E-state index is -0.781. The molecule has 10 nitrogen and oxygen atoms in total. The average Bonchev–Trinajstić information content (AvgIpc) is 2.72. The maximum atomic E-state index is 12.4. The first-order chi connectivity index (χ1) is 13.5. The number of anilines is 3. The fourth-order valence-electron chi connectivity index (χ4n) is 3.09. The normalized spacial score (nSPS) is 14.4. The number of piperidine rings is 1. The minimum Gasteiger partial charge on any atom is -0.496 e. The molecule has 1 fully saturated rings. The van der Waals surface area contributed by atoms with Crippen LogP contribution in [0, 0.1) is 5.92 Å². The van der Waals surface area contributed by atoms with Crippen LogP contribution in [-0.4, -0.2) is 47.2 Å². The van der Waals surface area contributed by atoms with E-state index >= 15 is 0 Å². The molecule has 148 valence electrons. The number of nitrogens with zero attached hydrogens (tertiary/aromatic N) is 3. The molecule has 1 aromatic carbocycles. The summed E-state index contributed by atoms with van der Waals surface area (Å²) in [5, 5.41) is 9.12. The highest BCUT2D eigenvalue weighted by Crippen LogP contribution is 2.29. The van der Waals surface area contributed by atoms with Crippen molar-refractivity contribution in [3.05, 3.63) is 36.2 Å². The van der Waals surface area contributed by atoms with E-state index in [2.05, 4.69) is 20.8 Å². The molecule has 1 aromatic heterocycles. The monoisotopic (exact) mass is 386 g/mol. The number of amides is 1. The Balaban J connectivity index is 1.68. The first kappa shape index (κ1) is 19.2. The number of benzene rings is 1. The van der Waals surface area contributed by atoms with Crippen molar-refractivity contribution in [3.8, 4) is 5.75 Å². The third-order valence-corrected chi connectivity index (χ3v) is 4.65. The lowest BCUT2D eigenvalue weighted by Crippen LogP contribution is -2.37. The summed E-state index contributed by atoms with van der Waals surface area (Å²) in [5.41, 5.74) is 12.1. The molecule has 1 amide bonds. The number of hydrogen-bond donors (Lipinski definition) is 4. The van der Waals surface area contributed by atoms with E-state index in [1.807, 2.05) is 4.90 Å². The summed E-state index contributed by atoms with van der Waals surface area (Å²) in [6.45, 7) is 1.07. The Kier molecular flexibility index (Phi) is 5.78. The van der Waals surface area contributed by atoms with Gasteiger partial charge >= 0.3 is 5.97 Å². The number of nitrogen functional groups attached to an aromatic ring is 1. The van der Waals surface area contributed by atoms with E-state index in [1.165, 1.54) is 13.4 Å². The Morgan fingerprint density at radius 2 is 1.96 bits per heavy atom. The molecule has 1 aliphatic heterocycles. The van der Waals surface area contributed by atoms with Crippen molar-refractivity contribution in [1.82, 2.24) is 15.4 Å². The fraction of sp³-hybridized carbons (Fsp3) is 0.333. The van der Waals surface area contributed by atoms with E-state index in [-0.39, 0.29) is 17.4 Å². The van der Waals surface area contributed by atoms with Gasteiger partial charge in [-0.2, -0.15) is 0 Å². The van der Waals surface area contributed by atoms with E-state index in [0.717, 1.165) is 0 Å². The maximum absolute atomic E-state index is 12.4. The number of para-hydroxylation sites is 1. The van der Waals surface area contributed by atoms with Crippen molar-refractivity contribution in [2.24, 2.45) is 5.92 Å². The minimum absolute atomic E-state index is 0.258. The van der Waals surface area contributed by atoms with Gasteiger partial charge in [0.1, 0.15) is 17.8 Å². The van der Waals surface area contributed by atoms with Gasteiger partial charge in [-0.15, -0.1) is 0 Å². The Morgan fingerprint density at radius 1 is 1.25 bits per heavy atom. The largest absolute Gasteiger partial charge is 0.496 e. The van der Waals surface area contributed by atoms with Crippen molar-refractivity contribution in [2.75, 3.05) is 36.3 Å². The van der Waals surface area contributed by atoms with Crippen LogP contribution in [0.15, 0.2) is 30.6 Å². The molecule has 0 aliphatic carbocycles. The van der Waals surface area contributed by atoms with Gasteiger partial charge in [0.2, 0.25) is 0 Å². The van der Waals surface area contributed by atoms with Crippen LogP contribution in [0.4, 0.5) is 17.3 Å². The van der Waals surface area contributed by atoms with Gasteiger partial charge < -0.3 is 20.5 Å². The smallest absolute Gasteiger partial charge is 0.306 e. The summed E-state index contributed by atoms with van der Waals surface area (Å²) in [7, 11) is 1.49. The molecule has 0 unspecified atom stereocenters. The number of ether oxygens (including phenoxy) is 1. The highest BCUT2D eigenvalue weighted by Gasteiger charge is 2.26.